The van der Waals surface area contributed by atoms with Crippen LogP contribution in [-0.4, -0.2) is 28.5 Å². The molecule has 0 spiro atoms. The van der Waals surface area contributed by atoms with Gasteiger partial charge in [-0.3, -0.25) is 4.79 Å². The minimum Gasteiger partial charge on any atom is -0.487 e. The first-order valence-corrected chi connectivity index (χ1v) is 8.04. The minimum absolute atomic E-state index is 0.0780. The highest BCUT2D eigenvalue weighted by atomic mass is 32.2. The molecule has 0 aliphatic carbocycles. The van der Waals surface area contributed by atoms with Crippen molar-refractivity contribution >= 4 is 40.6 Å². The van der Waals surface area contributed by atoms with Crippen LogP contribution < -0.4 is 15.8 Å². The molecule has 0 radical (unpaired) electrons. The highest BCUT2D eigenvalue weighted by molar-refractivity contribution is 8.00. The highest BCUT2D eigenvalue weighted by Gasteiger charge is 2.21. The number of thiocarbonyl (C=S) groups is 1. The van der Waals surface area contributed by atoms with Crippen LogP contribution >= 0.6 is 24.0 Å². The van der Waals surface area contributed by atoms with Gasteiger partial charge in [-0.15, -0.1) is 11.8 Å². The third-order valence-electron chi connectivity index (χ3n) is 2.98. The van der Waals surface area contributed by atoms with Gasteiger partial charge in [-0.1, -0.05) is 18.6 Å². The number of thioether (sulfide) groups is 1. The zero-order valence-electron chi connectivity index (χ0n) is 11.1. The maximum absolute atomic E-state index is 12.1. The van der Waals surface area contributed by atoms with Crippen molar-refractivity contribution in [2.24, 2.45) is 5.73 Å². The maximum Gasteiger partial charge on any atom is 0.237 e. The van der Waals surface area contributed by atoms with Crippen LogP contribution in [0.5, 0.6) is 5.75 Å². The summed E-state index contributed by atoms with van der Waals surface area (Å²) in [7, 11) is 0. The van der Waals surface area contributed by atoms with Crippen LogP contribution in [0.25, 0.3) is 0 Å². The van der Waals surface area contributed by atoms with E-state index in [9.17, 15) is 4.79 Å². The maximum atomic E-state index is 12.1. The van der Waals surface area contributed by atoms with E-state index in [2.05, 4.69) is 5.32 Å². The molecule has 4 nitrogen and oxygen atoms in total. The summed E-state index contributed by atoms with van der Waals surface area (Å²) in [6, 6.07) is 7.23. The molecule has 20 heavy (non-hydrogen) atoms. The van der Waals surface area contributed by atoms with Gasteiger partial charge >= 0.3 is 0 Å². The van der Waals surface area contributed by atoms with E-state index in [1.165, 1.54) is 6.42 Å². The van der Waals surface area contributed by atoms with E-state index in [1.807, 2.05) is 12.1 Å². The van der Waals surface area contributed by atoms with Crippen molar-refractivity contribution in [1.29, 1.82) is 0 Å². The van der Waals surface area contributed by atoms with E-state index in [4.69, 9.17) is 22.7 Å². The molecule has 3 N–H and O–H groups in total. The van der Waals surface area contributed by atoms with Crippen LogP contribution in [0.3, 0.4) is 0 Å². The monoisotopic (exact) mass is 310 g/mol. The lowest BCUT2D eigenvalue weighted by molar-refractivity contribution is -0.115. The van der Waals surface area contributed by atoms with E-state index in [-0.39, 0.29) is 17.8 Å². The summed E-state index contributed by atoms with van der Waals surface area (Å²) in [5, 5.41) is 3.02. The van der Waals surface area contributed by atoms with Crippen LogP contribution in [-0.2, 0) is 4.79 Å². The quantitative estimate of drug-likeness (QED) is 0.818. The van der Waals surface area contributed by atoms with E-state index in [1.54, 1.807) is 23.9 Å². The predicted molar refractivity (Wildman–Crippen MR) is 87.4 cm³/mol. The number of ether oxygens (including phenoxy) is 1. The first-order chi connectivity index (χ1) is 9.65. The van der Waals surface area contributed by atoms with E-state index >= 15 is 0 Å². The Kier molecular flexibility index (Phi) is 5.67. The second kappa shape index (κ2) is 7.50. The van der Waals surface area contributed by atoms with Crippen molar-refractivity contribution in [3.05, 3.63) is 24.3 Å². The number of nitrogens with two attached hydrogens (primary N) is 1. The molecule has 108 valence electrons. The van der Waals surface area contributed by atoms with Gasteiger partial charge in [-0.05, 0) is 42.9 Å². The fourth-order valence-electron chi connectivity index (χ4n) is 1.96. The zero-order valence-corrected chi connectivity index (χ0v) is 12.8. The summed E-state index contributed by atoms with van der Waals surface area (Å²) in [5.41, 5.74) is 6.15. The second-order valence-corrected chi connectivity index (χ2v) is 6.46. The number of nitrogens with one attached hydrogen (secondary N) is 1. The number of hydrogen-bond donors (Lipinski definition) is 2. The number of rotatable bonds is 5. The lowest BCUT2D eigenvalue weighted by atomic mass is 10.2. The average molecular weight is 310 g/mol. The average Bonchev–Trinajstić information content (AvgIpc) is 2.47. The van der Waals surface area contributed by atoms with Crippen LogP contribution in [0.2, 0.25) is 0 Å². The van der Waals surface area contributed by atoms with Crippen LogP contribution in [0, 0.1) is 0 Å². The molecule has 1 amide bonds. The molecule has 1 aliphatic heterocycles. The smallest absolute Gasteiger partial charge is 0.237 e. The molecular weight excluding hydrogens is 292 g/mol. The van der Waals surface area contributed by atoms with Gasteiger partial charge in [-0.2, -0.15) is 0 Å². The Morgan fingerprint density at radius 2 is 2.15 bits per heavy atom. The lowest BCUT2D eigenvalue weighted by Crippen LogP contribution is -2.27. The van der Waals surface area contributed by atoms with Crippen LogP contribution in [0.15, 0.2) is 24.3 Å². The molecule has 1 saturated heterocycles. The third kappa shape index (κ3) is 4.68. The van der Waals surface area contributed by atoms with Crippen molar-refractivity contribution in [2.45, 2.75) is 24.5 Å². The number of anilines is 1. The van der Waals surface area contributed by atoms with Gasteiger partial charge in [0.25, 0.3) is 0 Å². The molecule has 1 fully saturated rings. The standard InChI is InChI=1S/C14H18N2O2S2/c15-13(19)9-18-11-6-4-10(5-7-11)16-14(17)12-3-1-2-8-20-12/h4-7,12H,1-3,8-9H2,(H2,15,19)(H,16,17). The fraction of sp³-hybridized carbons (Fsp3) is 0.429. The molecule has 1 unspecified atom stereocenters. The van der Waals surface area contributed by atoms with Gasteiger partial charge in [0.2, 0.25) is 5.91 Å². The number of benzene rings is 1. The van der Waals surface area contributed by atoms with Crippen LogP contribution in [0.4, 0.5) is 5.69 Å². The van der Waals surface area contributed by atoms with Gasteiger partial charge in [0.1, 0.15) is 17.3 Å². The normalized spacial score (nSPS) is 18.3. The van der Waals surface area contributed by atoms with Crippen molar-refractivity contribution in [3.63, 3.8) is 0 Å². The Morgan fingerprint density at radius 1 is 1.40 bits per heavy atom. The summed E-state index contributed by atoms with van der Waals surface area (Å²) >= 11 is 6.48. The molecular formula is C14H18N2O2S2. The molecule has 2 rings (SSSR count). The Labute approximate surface area is 128 Å². The Morgan fingerprint density at radius 3 is 2.75 bits per heavy atom. The molecule has 1 heterocycles. The van der Waals surface area contributed by atoms with E-state index in [0.717, 1.165) is 24.3 Å². The van der Waals surface area contributed by atoms with Gasteiger partial charge < -0.3 is 15.8 Å². The van der Waals surface area contributed by atoms with E-state index in [0.29, 0.717) is 10.7 Å². The predicted octanol–water partition coefficient (Wildman–Crippen LogP) is 2.58. The molecule has 0 aromatic heterocycles. The van der Waals surface area contributed by atoms with E-state index < -0.39 is 0 Å². The lowest BCUT2D eigenvalue weighted by Gasteiger charge is -2.20. The van der Waals surface area contributed by atoms with Gasteiger partial charge in [0, 0.05) is 5.69 Å². The first kappa shape index (κ1) is 15.1. The largest absolute Gasteiger partial charge is 0.487 e. The number of hydrogen-bond acceptors (Lipinski definition) is 4. The van der Waals surface area contributed by atoms with Crippen LogP contribution in [0.1, 0.15) is 19.3 Å². The molecule has 1 aromatic rings. The first-order valence-electron chi connectivity index (χ1n) is 6.59. The van der Waals surface area contributed by atoms with Crippen molar-refractivity contribution in [2.75, 3.05) is 17.7 Å². The number of amides is 1. The highest BCUT2D eigenvalue weighted by Crippen LogP contribution is 2.26. The van der Waals surface area contributed by atoms with Crippen molar-refractivity contribution in [3.8, 4) is 5.75 Å². The summed E-state index contributed by atoms with van der Waals surface area (Å²) in [5.74, 6) is 1.85. The Balaban J connectivity index is 1.86. The number of carbonyl (C=O) groups excluding carboxylic acids is 1. The number of carbonyl (C=O) groups is 1. The molecule has 6 heteroatoms. The Hall–Kier alpha value is -1.27. The zero-order chi connectivity index (χ0) is 14.4. The summed E-state index contributed by atoms with van der Waals surface area (Å²) in [4.78, 5) is 12.4. The topological polar surface area (TPSA) is 64.3 Å². The van der Waals surface area contributed by atoms with Gasteiger partial charge in [0.15, 0.2) is 0 Å². The molecule has 0 bridgehead atoms. The third-order valence-corrected chi connectivity index (χ3v) is 4.47. The fourth-order valence-corrected chi connectivity index (χ4v) is 3.22. The summed E-state index contributed by atoms with van der Waals surface area (Å²) < 4.78 is 5.36. The molecule has 1 aromatic carbocycles. The minimum atomic E-state index is 0.0780. The SMILES string of the molecule is NC(=S)COc1ccc(NC(=O)C2CCCCS2)cc1. The molecule has 1 aliphatic rings. The van der Waals surface area contributed by atoms with Crippen molar-refractivity contribution in [1.82, 2.24) is 0 Å². The molecule has 0 saturated carbocycles. The molecule has 1 atom stereocenters. The summed E-state index contributed by atoms with van der Waals surface area (Å²) in [6.07, 6.45) is 3.31. The second-order valence-electron chi connectivity index (χ2n) is 4.62. The van der Waals surface area contributed by atoms with Gasteiger partial charge in [-0.25, -0.2) is 0 Å². The summed E-state index contributed by atoms with van der Waals surface area (Å²) in [6.45, 7) is 0.222. The van der Waals surface area contributed by atoms with Gasteiger partial charge in [0.05, 0.1) is 5.25 Å². The Bertz CT molecular complexity index is 471. The van der Waals surface area contributed by atoms with Crippen molar-refractivity contribution < 1.29 is 9.53 Å².